The van der Waals surface area contributed by atoms with Crippen molar-refractivity contribution in [3.63, 3.8) is 0 Å². The molecule has 0 amide bonds. The molecule has 0 saturated carbocycles. The summed E-state index contributed by atoms with van der Waals surface area (Å²) in [6.07, 6.45) is 5.52. The second kappa shape index (κ2) is 7.89. The number of allylic oxidation sites excluding steroid dienone is 2. The lowest BCUT2D eigenvalue weighted by atomic mass is 9.97. The van der Waals surface area contributed by atoms with E-state index < -0.39 is 29.7 Å². The molecular formula is C23H24O5S2. The van der Waals surface area contributed by atoms with Crippen molar-refractivity contribution in [1.82, 2.24) is 0 Å². The minimum atomic E-state index is -4.19. The number of benzene rings is 2. The van der Waals surface area contributed by atoms with Crippen LogP contribution in [0.4, 0.5) is 0 Å². The Kier molecular flexibility index (Phi) is 5.80. The molecule has 1 aliphatic carbocycles. The predicted octanol–water partition coefficient (Wildman–Crippen LogP) is 3.94. The fourth-order valence-electron chi connectivity index (χ4n) is 3.56. The first-order chi connectivity index (χ1) is 14.1. The summed E-state index contributed by atoms with van der Waals surface area (Å²) < 4.78 is 58.4. The normalized spacial score (nSPS) is 21.7. The summed E-state index contributed by atoms with van der Waals surface area (Å²) in [6.45, 7) is 7.42. The lowest BCUT2D eigenvalue weighted by Gasteiger charge is -2.37. The third-order valence-electron chi connectivity index (χ3n) is 5.30. The molecule has 0 radical (unpaired) electrons. The van der Waals surface area contributed by atoms with Gasteiger partial charge in [-0.15, -0.1) is 6.58 Å². The molecule has 30 heavy (non-hydrogen) atoms. The Balaban J connectivity index is 2.30. The van der Waals surface area contributed by atoms with Crippen molar-refractivity contribution < 1.29 is 21.6 Å². The highest BCUT2D eigenvalue weighted by Crippen LogP contribution is 2.43. The Labute approximate surface area is 178 Å². The molecule has 0 aliphatic heterocycles. The maximum atomic E-state index is 13.8. The zero-order chi connectivity index (χ0) is 22.2. The standard InChI is InChI=1S/C23H24O5S2/c1-5-23(30(26,27)20-14-10-18(3)11-15-20)16-6-7-21(28-4)22(23)29(24,25)19-12-8-17(2)9-13-19/h5-16,22H,1H2,2-4H3/t22-,23-/m1/s1. The molecule has 0 N–H and O–H groups in total. The van der Waals surface area contributed by atoms with Crippen LogP contribution in [-0.2, 0) is 24.4 Å². The largest absolute Gasteiger partial charge is 0.500 e. The van der Waals surface area contributed by atoms with Crippen LogP contribution in [0, 0.1) is 13.8 Å². The van der Waals surface area contributed by atoms with Gasteiger partial charge in [0.2, 0.25) is 0 Å². The Morgan fingerprint density at radius 3 is 1.87 bits per heavy atom. The molecule has 2 atom stereocenters. The molecule has 1 aliphatic rings. The summed E-state index contributed by atoms with van der Waals surface area (Å²) in [5.41, 5.74) is 1.78. The Morgan fingerprint density at radius 1 is 0.900 bits per heavy atom. The van der Waals surface area contributed by atoms with Crippen molar-refractivity contribution in [1.29, 1.82) is 0 Å². The summed E-state index contributed by atoms with van der Waals surface area (Å²) in [7, 11) is -7.01. The van der Waals surface area contributed by atoms with Gasteiger partial charge >= 0.3 is 0 Å². The van der Waals surface area contributed by atoms with E-state index in [1.807, 2.05) is 13.8 Å². The number of methoxy groups -OCH3 is 1. The zero-order valence-electron chi connectivity index (χ0n) is 17.1. The van der Waals surface area contributed by atoms with Crippen LogP contribution >= 0.6 is 0 Å². The van der Waals surface area contributed by atoms with Crippen molar-refractivity contribution in [2.75, 3.05) is 7.11 Å². The zero-order valence-corrected chi connectivity index (χ0v) is 18.7. The molecule has 0 fully saturated rings. The molecular weight excluding hydrogens is 420 g/mol. The summed E-state index contributed by atoms with van der Waals surface area (Å²) >= 11 is 0. The maximum Gasteiger partial charge on any atom is 0.193 e. The maximum absolute atomic E-state index is 13.8. The SMILES string of the molecule is C=C[C@@]1(S(=O)(=O)c2ccc(C)cc2)C=CC=C(OC)[C@H]1S(=O)(=O)c1ccc(C)cc1. The van der Waals surface area contributed by atoms with E-state index in [1.165, 1.54) is 55.7 Å². The highest BCUT2D eigenvalue weighted by molar-refractivity contribution is 7.97. The molecule has 3 rings (SSSR count). The molecule has 0 spiro atoms. The van der Waals surface area contributed by atoms with Gasteiger partial charge in [-0.25, -0.2) is 16.8 Å². The van der Waals surface area contributed by atoms with E-state index in [-0.39, 0.29) is 15.6 Å². The van der Waals surface area contributed by atoms with E-state index in [4.69, 9.17) is 4.74 Å². The van der Waals surface area contributed by atoms with Gasteiger partial charge < -0.3 is 4.74 Å². The molecule has 0 bridgehead atoms. The lowest BCUT2D eigenvalue weighted by Crippen LogP contribution is -2.52. The first-order valence-electron chi connectivity index (χ1n) is 9.29. The highest BCUT2D eigenvalue weighted by Gasteiger charge is 2.56. The van der Waals surface area contributed by atoms with Crippen LogP contribution in [0.25, 0.3) is 0 Å². The van der Waals surface area contributed by atoms with Gasteiger partial charge in [0.1, 0.15) is 15.8 Å². The van der Waals surface area contributed by atoms with E-state index in [1.54, 1.807) is 24.3 Å². The van der Waals surface area contributed by atoms with E-state index in [0.717, 1.165) is 11.1 Å². The van der Waals surface area contributed by atoms with E-state index in [9.17, 15) is 16.8 Å². The average Bonchev–Trinajstić information content (AvgIpc) is 2.73. The van der Waals surface area contributed by atoms with Crippen LogP contribution < -0.4 is 0 Å². The van der Waals surface area contributed by atoms with Gasteiger partial charge in [0.05, 0.1) is 16.9 Å². The molecule has 2 aromatic carbocycles. The third kappa shape index (κ3) is 3.42. The Morgan fingerprint density at radius 2 is 1.40 bits per heavy atom. The minimum Gasteiger partial charge on any atom is -0.500 e. The molecule has 0 aromatic heterocycles. The van der Waals surface area contributed by atoms with Crippen LogP contribution in [0.2, 0.25) is 0 Å². The fourth-order valence-corrected chi connectivity index (χ4v) is 8.03. The molecule has 0 saturated heterocycles. The molecule has 7 heteroatoms. The second-order valence-electron chi connectivity index (χ2n) is 7.24. The van der Waals surface area contributed by atoms with Gasteiger partial charge in [0.15, 0.2) is 19.7 Å². The van der Waals surface area contributed by atoms with Gasteiger partial charge in [0.25, 0.3) is 0 Å². The topological polar surface area (TPSA) is 77.5 Å². The second-order valence-corrected chi connectivity index (χ2v) is 11.5. The van der Waals surface area contributed by atoms with Crippen LogP contribution in [0.3, 0.4) is 0 Å². The Hall–Kier alpha value is -2.64. The summed E-state index contributed by atoms with van der Waals surface area (Å²) in [6, 6.07) is 12.6. The monoisotopic (exact) mass is 444 g/mol. The van der Waals surface area contributed by atoms with Crippen molar-refractivity contribution >= 4 is 19.7 Å². The average molecular weight is 445 g/mol. The van der Waals surface area contributed by atoms with Crippen LogP contribution in [0.15, 0.2) is 95.0 Å². The van der Waals surface area contributed by atoms with Crippen molar-refractivity contribution in [3.8, 4) is 0 Å². The summed E-state index contributed by atoms with van der Waals surface area (Å²) in [5, 5.41) is -1.52. The first kappa shape index (κ1) is 22.1. The smallest absolute Gasteiger partial charge is 0.193 e. The highest BCUT2D eigenvalue weighted by atomic mass is 32.2. The van der Waals surface area contributed by atoms with Gasteiger partial charge in [-0.2, -0.15) is 0 Å². The number of aryl methyl sites for hydroxylation is 2. The van der Waals surface area contributed by atoms with Crippen molar-refractivity contribution in [3.05, 3.63) is 96.3 Å². The third-order valence-corrected chi connectivity index (χ3v) is 9.98. The minimum absolute atomic E-state index is 0.0131. The number of hydrogen-bond acceptors (Lipinski definition) is 5. The van der Waals surface area contributed by atoms with Gasteiger partial charge in [-0.05, 0) is 44.2 Å². The van der Waals surface area contributed by atoms with Gasteiger partial charge in [-0.3, -0.25) is 0 Å². The van der Waals surface area contributed by atoms with Crippen molar-refractivity contribution in [2.45, 2.75) is 33.6 Å². The lowest BCUT2D eigenvalue weighted by molar-refractivity contribution is 0.272. The number of rotatable bonds is 6. The molecule has 2 aromatic rings. The summed E-state index contributed by atoms with van der Waals surface area (Å²) in [4.78, 5) is 0.0285. The molecule has 158 valence electrons. The van der Waals surface area contributed by atoms with Crippen LogP contribution in [0.5, 0.6) is 0 Å². The van der Waals surface area contributed by atoms with E-state index in [0.29, 0.717) is 0 Å². The fraction of sp³-hybridized carbons (Fsp3) is 0.217. The van der Waals surface area contributed by atoms with Gasteiger partial charge in [-0.1, -0.05) is 53.6 Å². The molecule has 0 unspecified atom stereocenters. The predicted molar refractivity (Wildman–Crippen MR) is 118 cm³/mol. The van der Waals surface area contributed by atoms with Crippen molar-refractivity contribution in [2.24, 2.45) is 0 Å². The quantitative estimate of drug-likeness (QED) is 0.631. The van der Waals surface area contributed by atoms with E-state index in [2.05, 4.69) is 6.58 Å². The van der Waals surface area contributed by atoms with Crippen LogP contribution in [0.1, 0.15) is 11.1 Å². The molecule has 5 nitrogen and oxygen atoms in total. The molecule has 0 heterocycles. The number of hydrogen-bond donors (Lipinski definition) is 0. The van der Waals surface area contributed by atoms with Gasteiger partial charge in [0, 0.05) is 0 Å². The number of sulfone groups is 2. The Bertz CT molecular complexity index is 1220. The summed E-state index contributed by atoms with van der Waals surface area (Å²) in [5.74, 6) is 0.0358. The van der Waals surface area contributed by atoms with E-state index >= 15 is 0 Å². The first-order valence-corrected chi connectivity index (χ1v) is 12.3. The number of ether oxygens (including phenoxy) is 1. The van der Waals surface area contributed by atoms with Crippen LogP contribution in [-0.4, -0.2) is 33.9 Å².